The Labute approximate surface area is 123 Å². The van der Waals surface area contributed by atoms with Crippen molar-refractivity contribution >= 4 is 0 Å². The minimum atomic E-state index is 0.691. The third kappa shape index (κ3) is 2.96. The molecule has 0 N–H and O–H groups in total. The van der Waals surface area contributed by atoms with Crippen LogP contribution in [0.2, 0.25) is 0 Å². The second kappa shape index (κ2) is 5.98. The summed E-state index contributed by atoms with van der Waals surface area (Å²) in [6, 6.07) is 19.8. The second-order valence-corrected chi connectivity index (χ2v) is 4.70. The van der Waals surface area contributed by atoms with Crippen molar-refractivity contribution in [2.45, 2.75) is 6.42 Å². The Bertz CT molecular complexity index is 772. The van der Waals surface area contributed by atoms with Gasteiger partial charge in [-0.15, -0.1) is 0 Å². The summed E-state index contributed by atoms with van der Waals surface area (Å²) in [5.41, 5.74) is 3.85. The first kappa shape index (κ1) is 13.0. The van der Waals surface area contributed by atoms with Crippen molar-refractivity contribution in [2.75, 3.05) is 0 Å². The van der Waals surface area contributed by atoms with E-state index < -0.39 is 0 Å². The van der Waals surface area contributed by atoms with Crippen LogP contribution in [0.25, 0.3) is 11.1 Å². The fourth-order valence-electron chi connectivity index (χ4n) is 2.24. The van der Waals surface area contributed by atoms with Crippen molar-refractivity contribution < 1.29 is 0 Å². The highest BCUT2D eigenvalue weighted by Crippen LogP contribution is 2.23. The number of nitriles is 1. The van der Waals surface area contributed by atoms with Crippen molar-refractivity contribution in [1.29, 1.82) is 5.26 Å². The molecule has 100 valence electrons. The van der Waals surface area contributed by atoms with Crippen LogP contribution in [0.15, 0.2) is 67.0 Å². The van der Waals surface area contributed by atoms with Gasteiger partial charge in [-0.05, 0) is 28.8 Å². The molecule has 0 saturated heterocycles. The zero-order valence-electron chi connectivity index (χ0n) is 11.4. The lowest BCUT2D eigenvalue weighted by Gasteiger charge is -2.05. The molecule has 1 aromatic heterocycles. The molecule has 0 bridgehead atoms. The first-order valence-corrected chi connectivity index (χ1v) is 6.71. The molecule has 2 aromatic carbocycles. The van der Waals surface area contributed by atoms with E-state index >= 15 is 0 Å². The largest absolute Gasteiger partial charge is 0.241 e. The van der Waals surface area contributed by atoms with Crippen LogP contribution in [0.4, 0.5) is 0 Å². The van der Waals surface area contributed by atoms with Crippen LogP contribution in [0, 0.1) is 11.3 Å². The summed E-state index contributed by atoms with van der Waals surface area (Å²) in [5, 5.41) is 9.16. The highest BCUT2D eigenvalue weighted by molar-refractivity contribution is 5.70. The summed E-state index contributed by atoms with van der Waals surface area (Å²) in [6.07, 6.45) is 4.21. The Morgan fingerprint density at radius 3 is 2.29 bits per heavy atom. The predicted molar refractivity (Wildman–Crippen MR) is 81.4 cm³/mol. The normalized spacial score (nSPS) is 10.0. The zero-order chi connectivity index (χ0) is 14.5. The Hall–Kier alpha value is -2.99. The fourth-order valence-corrected chi connectivity index (χ4v) is 2.24. The summed E-state index contributed by atoms with van der Waals surface area (Å²) in [5.74, 6) is 0.808. The standard InChI is InChI=1S/C18H13N3/c19-13-16-4-1-2-5-17(16)15-8-6-14(7-9-15)12-18-20-10-3-11-21-18/h1-11H,12H2. The first-order chi connectivity index (χ1) is 10.4. The molecule has 0 aliphatic heterocycles. The van der Waals surface area contributed by atoms with Gasteiger partial charge in [0.2, 0.25) is 0 Å². The molecule has 0 aliphatic rings. The van der Waals surface area contributed by atoms with Gasteiger partial charge in [0.15, 0.2) is 0 Å². The van der Waals surface area contributed by atoms with E-state index in [9.17, 15) is 0 Å². The van der Waals surface area contributed by atoms with Gasteiger partial charge in [0, 0.05) is 18.8 Å². The van der Waals surface area contributed by atoms with Crippen molar-refractivity contribution in [1.82, 2.24) is 9.97 Å². The number of hydrogen-bond acceptors (Lipinski definition) is 3. The average Bonchev–Trinajstić information content (AvgIpc) is 2.56. The maximum absolute atomic E-state index is 9.16. The van der Waals surface area contributed by atoms with Crippen LogP contribution in [0.5, 0.6) is 0 Å². The quantitative estimate of drug-likeness (QED) is 0.731. The van der Waals surface area contributed by atoms with Crippen LogP contribution < -0.4 is 0 Å². The van der Waals surface area contributed by atoms with E-state index in [1.54, 1.807) is 12.4 Å². The molecule has 1 heterocycles. The molecular formula is C18H13N3. The van der Waals surface area contributed by atoms with Crippen molar-refractivity contribution in [2.24, 2.45) is 0 Å². The molecule has 3 nitrogen and oxygen atoms in total. The second-order valence-electron chi connectivity index (χ2n) is 4.70. The zero-order valence-corrected chi connectivity index (χ0v) is 11.4. The number of benzene rings is 2. The summed E-state index contributed by atoms with van der Waals surface area (Å²) < 4.78 is 0. The van der Waals surface area contributed by atoms with Gasteiger partial charge in [0.05, 0.1) is 11.6 Å². The van der Waals surface area contributed by atoms with E-state index in [-0.39, 0.29) is 0 Å². The van der Waals surface area contributed by atoms with Gasteiger partial charge in [-0.1, -0.05) is 42.5 Å². The summed E-state index contributed by atoms with van der Waals surface area (Å²) in [7, 11) is 0. The van der Waals surface area contributed by atoms with Crippen molar-refractivity contribution in [3.63, 3.8) is 0 Å². The minimum absolute atomic E-state index is 0.691. The van der Waals surface area contributed by atoms with Crippen molar-refractivity contribution in [3.8, 4) is 17.2 Å². The van der Waals surface area contributed by atoms with Gasteiger partial charge in [-0.25, -0.2) is 9.97 Å². The summed E-state index contributed by atoms with van der Waals surface area (Å²) >= 11 is 0. The molecule has 0 radical (unpaired) electrons. The fraction of sp³-hybridized carbons (Fsp3) is 0.0556. The molecule has 0 spiro atoms. The minimum Gasteiger partial charge on any atom is -0.241 e. The van der Waals surface area contributed by atoms with Gasteiger partial charge in [-0.2, -0.15) is 5.26 Å². The monoisotopic (exact) mass is 271 g/mol. The Kier molecular flexibility index (Phi) is 3.70. The molecule has 0 atom stereocenters. The van der Waals surface area contributed by atoms with E-state index in [1.807, 2.05) is 42.5 Å². The number of hydrogen-bond donors (Lipinski definition) is 0. The van der Waals surface area contributed by atoms with Crippen LogP contribution in [-0.2, 0) is 6.42 Å². The average molecular weight is 271 g/mol. The van der Waals surface area contributed by atoms with Crippen molar-refractivity contribution in [3.05, 3.63) is 83.9 Å². The maximum atomic E-state index is 9.16. The molecule has 3 aromatic rings. The Morgan fingerprint density at radius 2 is 1.57 bits per heavy atom. The van der Waals surface area contributed by atoms with E-state index in [0.29, 0.717) is 12.0 Å². The predicted octanol–water partition coefficient (Wildman–Crippen LogP) is 3.61. The third-order valence-corrected chi connectivity index (χ3v) is 3.29. The SMILES string of the molecule is N#Cc1ccccc1-c1ccc(Cc2ncccn2)cc1. The highest BCUT2D eigenvalue weighted by Gasteiger charge is 2.04. The molecule has 0 amide bonds. The molecule has 21 heavy (non-hydrogen) atoms. The van der Waals surface area contributed by atoms with Gasteiger partial charge in [0.25, 0.3) is 0 Å². The van der Waals surface area contributed by atoms with Gasteiger partial charge in [-0.3, -0.25) is 0 Å². The van der Waals surface area contributed by atoms with Gasteiger partial charge < -0.3 is 0 Å². The smallest absolute Gasteiger partial charge is 0.132 e. The van der Waals surface area contributed by atoms with E-state index in [1.165, 1.54) is 0 Å². The molecular weight excluding hydrogens is 258 g/mol. The Balaban J connectivity index is 1.86. The summed E-state index contributed by atoms with van der Waals surface area (Å²) in [6.45, 7) is 0. The molecule has 0 aliphatic carbocycles. The number of aromatic nitrogens is 2. The first-order valence-electron chi connectivity index (χ1n) is 6.71. The number of nitrogens with zero attached hydrogens (tertiary/aromatic N) is 3. The Morgan fingerprint density at radius 1 is 0.857 bits per heavy atom. The van der Waals surface area contributed by atoms with E-state index in [2.05, 4.69) is 28.2 Å². The maximum Gasteiger partial charge on any atom is 0.132 e. The van der Waals surface area contributed by atoms with Crippen LogP contribution in [0.3, 0.4) is 0 Å². The topological polar surface area (TPSA) is 49.6 Å². The number of rotatable bonds is 3. The highest BCUT2D eigenvalue weighted by atomic mass is 14.8. The molecule has 0 saturated carbocycles. The van der Waals surface area contributed by atoms with Crippen LogP contribution >= 0.6 is 0 Å². The lowest BCUT2D eigenvalue weighted by molar-refractivity contribution is 0.968. The summed E-state index contributed by atoms with van der Waals surface area (Å²) in [4.78, 5) is 8.46. The molecule has 0 fully saturated rings. The molecule has 3 rings (SSSR count). The van der Waals surface area contributed by atoms with E-state index in [4.69, 9.17) is 5.26 Å². The van der Waals surface area contributed by atoms with Crippen LogP contribution in [-0.4, -0.2) is 9.97 Å². The van der Waals surface area contributed by atoms with Crippen LogP contribution in [0.1, 0.15) is 17.0 Å². The lowest BCUT2D eigenvalue weighted by atomic mass is 9.99. The lowest BCUT2D eigenvalue weighted by Crippen LogP contribution is -1.94. The molecule has 0 unspecified atom stereocenters. The van der Waals surface area contributed by atoms with E-state index in [0.717, 1.165) is 22.5 Å². The van der Waals surface area contributed by atoms with Gasteiger partial charge in [0.1, 0.15) is 5.82 Å². The van der Waals surface area contributed by atoms with Gasteiger partial charge >= 0.3 is 0 Å². The molecule has 3 heteroatoms. The third-order valence-electron chi connectivity index (χ3n) is 3.29.